The third-order valence-corrected chi connectivity index (χ3v) is 2.19. The molecule has 2 rings (SSSR count). The van der Waals surface area contributed by atoms with Crippen molar-refractivity contribution in [3.8, 4) is 5.75 Å². The van der Waals surface area contributed by atoms with Gasteiger partial charge in [-0.2, -0.15) is 0 Å². The van der Waals surface area contributed by atoms with Crippen molar-refractivity contribution in [3.05, 3.63) is 24.3 Å². The average Bonchev–Trinajstić information content (AvgIpc) is 2.18. The molecular formula is C11H15NO3. The lowest BCUT2D eigenvalue weighted by Crippen LogP contribution is -2.37. The van der Waals surface area contributed by atoms with Gasteiger partial charge < -0.3 is 19.9 Å². The number of hydrogen-bond donors (Lipinski definition) is 1. The van der Waals surface area contributed by atoms with Crippen molar-refractivity contribution >= 4 is 5.69 Å². The van der Waals surface area contributed by atoms with Gasteiger partial charge in [0.05, 0.1) is 19.8 Å². The molecule has 1 aromatic carbocycles. The summed E-state index contributed by atoms with van der Waals surface area (Å²) in [7, 11) is 0. The highest BCUT2D eigenvalue weighted by atomic mass is 16.6. The molecule has 0 spiro atoms. The van der Waals surface area contributed by atoms with Crippen LogP contribution in [0.1, 0.15) is 0 Å². The smallest absolute Gasteiger partial charge is 0.119 e. The highest BCUT2D eigenvalue weighted by Gasteiger charge is 2.18. The predicted octanol–water partition coefficient (Wildman–Crippen LogP) is 1.06. The largest absolute Gasteiger partial charge is 0.491 e. The van der Waals surface area contributed by atoms with Gasteiger partial charge in [-0.1, -0.05) is 0 Å². The van der Waals surface area contributed by atoms with Crippen LogP contribution in [0.2, 0.25) is 0 Å². The Kier molecular flexibility index (Phi) is 3.42. The topological polar surface area (TPSA) is 53.7 Å². The third kappa shape index (κ3) is 3.11. The molecule has 82 valence electrons. The lowest BCUT2D eigenvalue weighted by molar-refractivity contribution is -0.132. The van der Waals surface area contributed by atoms with E-state index in [9.17, 15) is 0 Å². The van der Waals surface area contributed by atoms with E-state index in [1.54, 1.807) is 0 Å². The minimum absolute atomic E-state index is 0.264. The van der Waals surface area contributed by atoms with Crippen molar-refractivity contribution in [2.24, 2.45) is 0 Å². The van der Waals surface area contributed by atoms with Crippen molar-refractivity contribution in [1.29, 1.82) is 0 Å². The number of rotatable bonds is 5. The molecule has 0 radical (unpaired) electrons. The normalized spacial score (nSPS) is 16.0. The highest BCUT2D eigenvalue weighted by Crippen LogP contribution is 2.13. The lowest BCUT2D eigenvalue weighted by atomic mass is 10.3. The molecule has 4 heteroatoms. The second kappa shape index (κ2) is 5.00. The summed E-state index contributed by atoms with van der Waals surface area (Å²) in [6.45, 7) is 2.57. The van der Waals surface area contributed by atoms with E-state index in [4.69, 9.17) is 19.9 Å². The van der Waals surface area contributed by atoms with Gasteiger partial charge >= 0.3 is 0 Å². The van der Waals surface area contributed by atoms with Gasteiger partial charge in [-0.25, -0.2) is 0 Å². The maximum Gasteiger partial charge on any atom is 0.119 e. The van der Waals surface area contributed by atoms with Gasteiger partial charge in [0.1, 0.15) is 18.5 Å². The van der Waals surface area contributed by atoms with Crippen molar-refractivity contribution < 1.29 is 14.2 Å². The van der Waals surface area contributed by atoms with Gasteiger partial charge in [0.15, 0.2) is 0 Å². The van der Waals surface area contributed by atoms with E-state index >= 15 is 0 Å². The van der Waals surface area contributed by atoms with Gasteiger partial charge in [0.25, 0.3) is 0 Å². The highest BCUT2D eigenvalue weighted by molar-refractivity contribution is 5.41. The van der Waals surface area contributed by atoms with Crippen molar-refractivity contribution in [2.45, 2.75) is 6.10 Å². The summed E-state index contributed by atoms with van der Waals surface area (Å²) in [6, 6.07) is 7.33. The van der Waals surface area contributed by atoms with Crippen LogP contribution >= 0.6 is 0 Å². The van der Waals surface area contributed by atoms with Crippen LogP contribution in [0.4, 0.5) is 5.69 Å². The second-order valence-corrected chi connectivity index (χ2v) is 3.45. The lowest BCUT2D eigenvalue weighted by Gasteiger charge is -2.25. The molecule has 0 amide bonds. The fraction of sp³-hybridized carbons (Fsp3) is 0.455. The molecule has 0 aromatic heterocycles. The van der Waals surface area contributed by atoms with Crippen LogP contribution in [0, 0.1) is 0 Å². The van der Waals surface area contributed by atoms with Crippen LogP contribution < -0.4 is 10.5 Å². The van der Waals surface area contributed by atoms with E-state index in [2.05, 4.69) is 0 Å². The number of nitrogens with two attached hydrogens (primary N) is 1. The molecule has 0 bridgehead atoms. The molecule has 1 aromatic rings. The molecular weight excluding hydrogens is 194 g/mol. The molecule has 0 atom stereocenters. The van der Waals surface area contributed by atoms with Gasteiger partial charge in [-0.3, -0.25) is 0 Å². The Balaban J connectivity index is 1.62. The molecule has 1 aliphatic heterocycles. The Bertz CT molecular complexity index is 295. The Morgan fingerprint density at radius 1 is 1.20 bits per heavy atom. The monoisotopic (exact) mass is 209 g/mol. The first-order chi connectivity index (χ1) is 7.34. The molecule has 1 saturated heterocycles. The van der Waals surface area contributed by atoms with Crippen molar-refractivity contribution in [2.75, 3.05) is 32.2 Å². The molecule has 0 unspecified atom stereocenters. The first-order valence-electron chi connectivity index (χ1n) is 5.02. The number of anilines is 1. The SMILES string of the molecule is Nc1ccc(OCCOC2COC2)cc1. The van der Waals surface area contributed by atoms with Gasteiger partial charge in [0, 0.05) is 5.69 Å². The van der Waals surface area contributed by atoms with Gasteiger partial charge in [-0.15, -0.1) is 0 Å². The zero-order valence-electron chi connectivity index (χ0n) is 8.52. The van der Waals surface area contributed by atoms with Crippen LogP contribution in [0.3, 0.4) is 0 Å². The molecule has 0 saturated carbocycles. The van der Waals surface area contributed by atoms with Gasteiger partial charge in [-0.05, 0) is 24.3 Å². The van der Waals surface area contributed by atoms with E-state index in [1.807, 2.05) is 24.3 Å². The first-order valence-corrected chi connectivity index (χ1v) is 5.02. The minimum Gasteiger partial charge on any atom is -0.491 e. The second-order valence-electron chi connectivity index (χ2n) is 3.45. The van der Waals surface area contributed by atoms with Crippen LogP contribution in [-0.4, -0.2) is 32.5 Å². The summed E-state index contributed by atoms with van der Waals surface area (Å²) in [4.78, 5) is 0. The predicted molar refractivity (Wildman–Crippen MR) is 56.9 cm³/mol. The maximum absolute atomic E-state index is 5.55. The van der Waals surface area contributed by atoms with E-state index in [1.165, 1.54) is 0 Å². The number of hydrogen-bond acceptors (Lipinski definition) is 4. The Hall–Kier alpha value is -1.26. The Labute approximate surface area is 88.9 Å². The zero-order chi connectivity index (χ0) is 10.5. The van der Waals surface area contributed by atoms with Crippen LogP contribution in [0.5, 0.6) is 5.75 Å². The molecule has 4 nitrogen and oxygen atoms in total. The molecule has 1 aliphatic rings. The number of ether oxygens (including phenoxy) is 3. The Morgan fingerprint density at radius 2 is 1.93 bits per heavy atom. The molecule has 1 heterocycles. The summed E-state index contributed by atoms with van der Waals surface area (Å²) >= 11 is 0. The van der Waals surface area contributed by atoms with Crippen LogP contribution in [0.25, 0.3) is 0 Å². The standard InChI is InChI=1S/C11H15NO3/c12-9-1-3-10(4-2-9)14-5-6-15-11-7-13-8-11/h1-4,11H,5-8,12H2. The van der Waals surface area contributed by atoms with Crippen LogP contribution in [0.15, 0.2) is 24.3 Å². The summed E-state index contributed by atoms with van der Waals surface area (Å²) in [6.07, 6.45) is 0.264. The molecule has 1 fully saturated rings. The molecule has 15 heavy (non-hydrogen) atoms. The summed E-state index contributed by atoms with van der Waals surface area (Å²) in [5.74, 6) is 0.817. The fourth-order valence-corrected chi connectivity index (χ4v) is 1.25. The molecule has 2 N–H and O–H groups in total. The third-order valence-electron chi connectivity index (χ3n) is 2.19. The Morgan fingerprint density at radius 3 is 2.53 bits per heavy atom. The van der Waals surface area contributed by atoms with Crippen LogP contribution in [-0.2, 0) is 9.47 Å². The molecule has 0 aliphatic carbocycles. The average molecular weight is 209 g/mol. The summed E-state index contributed by atoms with van der Waals surface area (Å²) < 4.78 is 15.9. The minimum atomic E-state index is 0.264. The number of benzene rings is 1. The van der Waals surface area contributed by atoms with Crippen molar-refractivity contribution in [3.63, 3.8) is 0 Å². The van der Waals surface area contributed by atoms with E-state index < -0.39 is 0 Å². The van der Waals surface area contributed by atoms with Crippen molar-refractivity contribution in [1.82, 2.24) is 0 Å². The zero-order valence-corrected chi connectivity index (χ0v) is 8.52. The maximum atomic E-state index is 5.55. The van der Waals surface area contributed by atoms with Gasteiger partial charge in [0.2, 0.25) is 0 Å². The van der Waals surface area contributed by atoms with E-state index in [0.717, 1.165) is 11.4 Å². The fourth-order valence-electron chi connectivity index (χ4n) is 1.25. The number of nitrogen functional groups attached to an aromatic ring is 1. The first kappa shape index (κ1) is 10.3. The summed E-state index contributed by atoms with van der Waals surface area (Å²) in [5.41, 5.74) is 6.29. The van der Waals surface area contributed by atoms with E-state index in [-0.39, 0.29) is 6.10 Å². The summed E-state index contributed by atoms with van der Waals surface area (Å²) in [5, 5.41) is 0. The van der Waals surface area contributed by atoms with E-state index in [0.29, 0.717) is 26.4 Å². The quantitative estimate of drug-likeness (QED) is 0.582.